The van der Waals surface area contributed by atoms with Crippen LogP contribution < -0.4 is 10.6 Å². The Morgan fingerprint density at radius 3 is 2.68 bits per heavy atom. The van der Waals surface area contributed by atoms with E-state index < -0.39 is 14.6 Å². The lowest BCUT2D eigenvalue weighted by atomic mass is 10.2. The van der Waals surface area contributed by atoms with Crippen LogP contribution in [-0.2, 0) is 9.84 Å². The average molecular weight is 367 g/mol. The van der Waals surface area contributed by atoms with Crippen molar-refractivity contribution in [3.8, 4) is 0 Å². The summed E-state index contributed by atoms with van der Waals surface area (Å²) in [6, 6.07) is 3.41. The van der Waals surface area contributed by atoms with Gasteiger partial charge in [-0.05, 0) is 26.0 Å². The van der Waals surface area contributed by atoms with Gasteiger partial charge in [0, 0.05) is 45.6 Å². The molecule has 0 aliphatic carbocycles. The molecule has 0 atom stereocenters. The quantitative estimate of drug-likeness (QED) is 0.437. The van der Waals surface area contributed by atoms with E-state index in [0.717, 1.165) is 0 Å². The van der Waals surface area contributed by atoms with Crippen molar-refractivity contribution in [2.24, 2.45) is 4.99 Å². The summed E-state index contributed by atoms with van der Waals surface area (Å²) in [5.74, 6) is 0.562. The topological polar surface area (TPSA) is 104 Å². The molecule has 0 spiro atoms. The van der Waals surface area contributed by atoms with Crippen LogP contribution in [0.5, 0.6) is 0 Å². The molecular weight excluding hydrogens is 342 g/mol. The average Bonchev–Trinajstić information content (AvgIpc) is 2.58. The molecule has 138 valence electrons. The Bertz CT molecular complexity index is 731. The summed E-state index contributed by atoms with van der Waals surface area (Å²) in [5.41, 5.74) is 0.509. The largest absolute Gasteiger partial charge is 0.354 e. The number of guanidine groups is 1. The molecule has 1 aromatic heterocycles. The summed E-state index contributed by atoms with van der Waals surface area (Å²) in [6.07, 6.45) is 3.13. The number of carbonyl (C=O) groups excluding carboxylic acids is 1. The van der Waals surface area contributed by atoms with Crippen LogP contribution in [0.4, 0.5) is 0 Å². The van der Waals surface area contributed by atoms with Gasteiger partial charge in [0.1, 0.15) is 0 Å². The number of pyridine rings is 1. The first-order chi connectivity index (χ1) is 11.8. The van der Waals surface area contributed by atoms with Gasteiger partial charge >= 0.3 is 0 Å². The standard InChI is InChI=1S/C16H25N5O3S/c1-16(2)12-21(9-10-25(16,23)24)15(17-3)20-8-7-19-14(22)13-5-4-6-18-11-13/h4-6,11H,7-10,12H2,1-3H3,(H,17,20)(H,19,22). The van der Waals surface area contributed by atoms with Gasteiger partial charge in [-0.3, -0.25) is 14.8 Å². The van der Waals surface area contributed by atoms with Crippen LogP contribution in [0.3, 0.4) is 0 Å². The maximum Gasteiger partial charge on any atom is 0.252 e. The van der Waals surface area contributed by atoms with E-state index in [1.165, 1.54) is 6.20 Å². The second-order valence-electron chi connectivity index (χ2n) is 6.47. The zero-order valence-electron chi connectivity index (χ0n) is 14.8. The van der Waals surface area contributed by atoms with E-state index in [2.05, 4.69) is 20.6 Å². The van der Waals surface area contributed by atoms with E-state index in [9.17, 15) is 13.2 Å². The predicted octanol–water partition coefficient (Wildman–Crippen LogP) is -0.104. The number of hydrogen-bond donors (Lipinski definition) is 2. The zero-order chi connectivity index (χ0) is 18.5. The summed E-state index contributed by atoms with van der Waals surface area (Å²) in [7, 11) is -1.43. The van der Waals surface area contributed by atoms with E-state index in [1.807, 2.05) is 4.90 Å². The Kier molecular flexibility index (Phi) is 5.99. The van der Waals surface area contributed by atoms with Crippen LogP contribution in [0, 0.1) is 0 Å². The van der Waals surface area contributed by atoms with Crippen LogP contribution in [0.1, 0.15) is 24.2 Å². The monoisotopic (exact) mass is 367 g/mol. The van der Waals surface area contributed by atoms with Crippen molar-refractivity contribution in [2.45, 2.75) is 18.6 Å². The van der Waals surface area contributed by atoms with Gasteiger partial charge in [-0.15, -0.1) is 0 Å². The lowest BCUT2D eigenvalue weighted by Crippen LogP contribution is -2.57. The number of rotatable bonds is 4. The highest BCUT2D eigenvalue weighted by atomic mass is 32.2. The van der Waals surface area contributed by atoms with Gasteiger partial charge in [-0.2, -0.15) is 0 Å². The van der Waals surface area contributed by atoms with Gasteiger partial charge in [0.05, 0.1) is 16.1 Å². The van der Waals surface area contributed by atoms with E-state index in [0.29, 0.717) is 37.7 Å². The molecule has 1 saturated heterocycles. The predicted molar refractivity (Wildman–Crippen MR) is 97.4 cm³/mol. The smallest absolute Gasteiger partial charge is 0.252 e. The summed E-state index contributed by atoms with van der Waals surface area (Å²) < 4.78 is 23.4. The van der Waals surface area contributed by atoms with E-state index >= 15 is 0 Å². The van der Waals surface area contributed by atoms with E-state index in [1.54, 1.807) is 39.2 Å². The van der Waals surface area contributed by atoms with E-state index in [4.69, 9.17) is 0 Å². The Balaban J connectivity index is 1.82. The SMILES string of the molecule is CN=C(NCCNC(=O)c1cccnc1)N1CCS(=O)(=O)C(C)(C)C1. The van der Waals surface area contributed by atoms with E-state index in [-0.39, 0.29) is 11.7 Å². The molecule has 0 aromatic carbocycles. The summed E-state index contributed by atoms with van der Waals surface area (Å²) >= 11 is 0. The third kappa shape index (κ3) is 4.68. The Labute approximate surface area is 148 Å². The fourth-order valence-corrected chi connectivity index (χ4v) is 3.97. The third-order valence-corrected chi connectivity index (χ3v) is 6.71. The fraction of sp³-hybridized carbons (Fsp3) is 0.562. The highest BCUT2D eigenvalue weighted by Gasteiger charge is 2.40. The summed E-state index contributed by atoms with van der Waals surface area (Å²) in [4.78, 5) is 22.0. The molecule has 2 N–H and O–H groups in total. The molecule has 1 aliphatic rings. The highest BCUT2D eigenvalue weighted by Crippen LogP contribution is 2.23. The van der Waals surface area contributed by atoms with Crippen LogP contribution in [-0.4, -0.2) is 73.9 Å². The molecule has 2 heterocycles. The molecule has 0 saturated carbocycles. The number of carbonyl (C=O) groups is 1. The van der Waals surface area contributed by atoms with Crippen molar-refractivity contribution in [3.05, 3.63) is 30.1 Å². The molecule has 25 heavy (non-hydrogen) atoms. The van der Waals surface area contributed by atoms with Crippen molar-refractivity contribution in [2.75, 3.05) is 39.0 Å². The fourth-order valence-electron chi connectivity index (χ4n) is 2.61. The maximum atomic E-state index is 12.1. The zero-order valence-corrected chi connectivity index (χ0v) is 15.6. The van der Waals surface area contributed by atoms with Gasteiger partial charge < -0.3 is 15.5 Å². The van der Waals surface area contributed by atoms with Crippen LogP contribution in [0.25, 0.3) is 0 Å². The number of sulfone groups is 1. The lowest BCUT2D eigenvalue weighted by molar-refractivity contribution is 0.0954. The summed E-state index contributed by atoms with van der Waals surface area (Å²) in [6.45, 7) is 5.17. The molecular formula is C16H25N5O3S. The molecule has 8 nitrogen and oxygen atoms in total. The Morgan fingerprint density at radius 2 is 2.08 bits per heavy atom. The van der Waals surface area contributed by atoms with Gasteiger partial charge in [0.25, 0.3) is 5.91 Å². The first-order valence-electron chi connectivity index (χ1n) is 8.13. The molecule has 0 unspecified atom stereocenters. The van der Waals surface area contributed by atoms with Crippen LogP contribution in [0.15, 0.2) is 29.5 Å². The first kappa shape index (κ1) is 19.2. The summed E-state index contributed by atoms with van der Waals surface area (Å²) in [5, 5.41) is 5.96. The molecule has 1 fully saturated rings. The second-order valence-corrected chi connectivity index (χ2v) is 9.21. The molecule has 1 amide bonds. The number of nitrogens with zero attached hydrogens (tertiary/aromatic N) is 3. The van der Waals surface area contributed by atoms with Crippen molar-refractivity contribution in [1.82, 2.24) is 20.5 Å². The second kappa shape index (κ2) is 7.81. The molecule has 0 bridgehead atoms. The number of hydrogen-bond acceptors (Lipinski definition) is 5. The molecule has 1 aromatic rings. The van der Waals surface area contributed by atoms with Crippen molar-refractivity contribution < 1.29 is 13.2 Å². The first-order valence-corrected chi connectivity index (χ1v) is 9.78. The van der Waals surface area contributed by atoms with Crippen molar-refractivity contribution in [3.63, 3.8) is 0 Å². The van der Waals surface area contributed by atoms with Gasteiger partial charge in [-0.25, -0.2) is 8.42 Å². The Hall–Kier alpha value is -2.16. The molecule has 2 rings (SSSR count). The minimum atomic E-state index is -3.09. The van der Waals surface area contributed by atoms with Crippen molar-refractivity contribution in [1.29, 1.82) is 0 Å². The molecule has 0 radical (unpaired) electrons. The van der Waals surface area contributed by atoms with Crippen molar-refractivity contribution >= 4 is 21.7 Å². The highest BCUT2D eigenvalue weighted by molar-refractivity contribution is 7.92. The normalized spacial score (nSPS) is 19.3. The number of nitrogens with one attached hydrogen (secondary N) is 2. The number of aliphatic imine (C=N–C) groups is 1. The lowest BCUT2D eigenvalue weighted by Gasteiger charge is -2.39. The number of amides is 1. The van der Waals surface area contributed by atoms with Crippen LogP contribution in [0.2, 0.25) is 0 Å². The molecule has 1 aliphatic heterocycles. The Morgan fingerprint density at radius 1 is 1.36 bits per heavy atom. The molecule has 9 heteroatoms. The minimum absolute atomic E-state index is 0.110. The minimum Gasteiger partial charge on any atom is -0.354 e. The van der Waals surface area contributed by atoms with Gasteiger partial charge in [0.15, 0.2) is 15.8 Å². The maximum absolute atomic E-state index is 12.1. The van der Waals surface area contributed by atoms with Crippen LogP contribution >= 0.6 is 0 Å². The van der Waals surface area contributed by atoms with Gasteiger partial charge in [-0.1, -0.05) is 0 Å². The van der Waals surface area contributed by atoms with Gasteiger partial charge in [0.2, 0.25) is 0 Å². The number of aromatic nitrogens is 1. The third-order valence-electron chi connectivity index (χ3n) is 4.17.